The molecule has 1 aliphatic rings. The maximum absolute atomic E-state index is 14.1. The van der Waals surface area contributed by atoms with Crippen LogP contribution in [0.5, 0.6) is 5.75 Å². The quantitative estimate of drug-likeness (QED) is 0.539. The van der Waals surface area contributed by atoms with Crippen molar-refractivity contribution in [1.29, 1.82) is 0 Å². The van der Waals surface area contributed by atoms with Crippen LogP contribution in [0.2, 0.25) is 0 Å². The van der Waals surface area contributed by atoms with E-state index in [0.717, 1.165) is 38.1 Å². The molecule has 3 N–H and O–H groups in total. The molecule has 0 saturated carbocycles. The van der Waals surface area contributed by atoms with Gasteiger partial charge >= 0.3 is 6.36 Å². The third-order valence-corrected chi connectivity index (χ3v) is 5.06. The molecular formula is C22H19F4N5O2. The van der Waals surface area contributed by atoms with Gasteiger partial charge in [0, 0.05) is 42.3 Å². The number of nitrogen functional groups attached to an aromatic ring is 1. The molecule has 0 spiro atoms. The van der Waals surface area contributed by atoms with Gasteiger partial charge in [0.15, 0.2) is 11.6 Å². The number of rotatable bonds is 5. The third kappa shape index (κ3) is 5.30. The summed E-state index contributed by atoms with van der Waals surface area (Å²) in [5, 5.41) is 2.60. The lowest BCUT2D eigenvalue weighted by atomic mass is 10.1. The number of benzene rings is 1. The van der Waals surface area contributed by atoms with Gasteiger partial charge in [-0.25, -0.2) is 14.4 Å². The molecule has 1 aromatic carbocycles. The lowest BCUT2D eigenvalue weighted by Crippen LogP contribution is -2.21. The lowest BCUT2D eigenvalue weighted by Gasteiger charge is -2.21. The van der Waals surface area contributed by atoms with Crippen LogP contribution in [0.1, 0.15) is 23.2 Å². The number of aromatic nitrogens is 2. The molecule has 1 saturated heterocycles. The number of hydrogen-bond donors (Lipinski definition) is 2. The van der Waals surface area contributed by atoms with Crippen LogP contribution in [0.3, 0.4) is 0 Å². The number of ether oxygens (including phenoxy) is 1. The number of anilines is 3. The predicted octanol–water partition coefficient (Wildman–Crippen LogP) is 4.62. The highest BCUT2D eigenvalue weighted by molar-refractivity contribution is 6.05. The van der Waals surface area contributed by atoms with E-state index in [0.29, 0.717) is 16.9 Å². The van der Waals surface area contributed by atoms with Crippen LogP contribution < -0.4 is 20.7 Å². The van der Waals surface area contributed by atoms with E-state index in [1.807, 2.05) is 4.90 Å². The van der Waals surface area contributed by atoms with E-state index in [-0.39, 0.29) is 17.1 Å². The van der Waals surface area contributed by atoms with Crippen LogP contribution in [-0.4, -0.2) is 35.3 Å². The Kier molecular flexibility index (Phi) is 6.03. The average molecular weight is 461 g/mol. The molecule has 3 aromatic rings. The van der Waals surface area contributed by atoms with Gasteiger partial charge in [0.2, 0.25) is 0 Å². The number of hydrogen-bond acceptors (Lipinski definition) is 6. The Labute approximate surface area is 186 Å². The Balaban J connectivity index is 1.61. The Hall–Kier alpha value is -3.89. The highest BCUT2D eigenvalue weighted by atomic mass is 19.4. The number of carbonyl (C=O) groups excluding carboxylic acids is 1. The first-order valence-electron chi connectivity index (χ1n) is 10.0. The summed E-state index contributed by atoms with van der Waals surface area (Å²) in [4.78, 5) is 23.1. The van der Waals surface area contributed by atoms with Gasteiger partial charge in [0.05, 0.1) is 5.56 Å². The van der Waals surface area contributed by atoms with Crippen LogP contribution in [0, 0.1) is 5.82 Å². The van der Waals surface area contributed by atoms with Gasteiger partial charge in [-0.05, 0) is 49.2 Å². The first kappa shape index (κ1) is 22.3. The van der Waals surface area contributed by atoms with E-state index in [1.165, 1.54) is 30.6 Å². The van der Waals surface area contributed by atoms with Crippen molar-refractivity contribution in [2.45, 2.75) is 19.2 Å². The van der Waals surface area contributed by atoms with Crippen molar-refractivity contribution < 1.29 is 27.1 Å². The van der Waals surface area contributed by atoms with Crippen LogP contribution in [0.25, 0.3) is 11.1 Å². The summed E-state index contributed by atoms with van der Waals surface area (Å²) in [5.74, 6) is -1.26. The fraction of sp³-hybridized carbons (Fsp3) is 0.227. The zero-order valence-electron chi connectivity index (χ0n) is 17.2. The molecule has 1 aliphatic heterocycles. The van der Waals surface area contributed by atoms with Crippen molar-refractivity contribution in [3.05, 3.63) is 60.2 Å². The van der Waals surface area contributed by atoms with Crippen LogP contribution in [0.4, 0.5) is 34.9 Å². The summed E-state index contributed by atoms with van der Waals surface area (Å²) in [5.41, 5.74) is 6.87. The minimum absolute atomic E-state index is 0.181. The molecule has 1 fully saturated rings. The molecule has 7 nitrogen and oxygen atoms in total. The Morgan fingerprint density at radius 2 is 1.76 bits per heavy atom. The molecule has 33 heavy (non-hydrogen) atoms. The predicted molar refractivity (Wildman–Crippen MR) is 114 cm³/mol. The Morgan fingerprint density at radius 3 is 2.39 bits per heavy atom. The minimum atomic E-state index is -4.81. The smallest absolute Gasteiger partial charge is 0.406 e. The van der Waals surface area contributed by atoms with E-state index in [4.69, 9.17) is 5.73 Å². The van der Waals surface area contributed by atoms with Crippen molar-refractivity contribution in [3.8, 4) is 16.9 Å². The number of nitrogens with one attached hydrogen (secondary N) is 1. The zero-order chi connectivity index (χ0) is 23.6. The highest BCUT2D eigenvalue weighted by Crippen LogP contribution is 2.33. The number of alkyl halides is 3. The Bertz CT molecular complexity index is 1160. The first-order valence-corrected chi connectivity index (χ1v) is 10.0. The number of nitrogens with zero attached hydrogens (tertiary/aromatic N) is 3. The third-order valence-electron chi connectivity index (χ3n) is 5.06. The van der Waals surface area contributed by atoms with Crippen molar-refractivity contribution >= 4 is 23.2 Å². The molecular weight excluding hydrogens is 442 g/mol. The zero-order valence-corrected chi connectivity index (χ0v) is 17.2. The summed E-state index contributed by atoms with van der Waals surface area (Å²) in [6.45, 7) is 1.56. The molecule has 2 aromatic heterocycles. The maximum Gasteiger partial charge on any atom is 0.573 e. The molecule has 1 amide bonds. The Morgan fingerprint density at radius 1 is 1.06 bits per heavy atom. The molecule has 4 rings (SSSR count). The summed E-state index contributed by atoms with van der Waals surface area (Å²) in [6, 6.07) is 7.55. The van der Waals surface area contributed by atoms with Crippen LogP contribution in [0.15, 0.2) is 48.8 Å². The topological polar surface area (TPSA) is 93.4 Å². The second-order valence-corrected chi connectivity index (χ2v) is 7.41. The summed E-state index contributed by atoms with van der Waals surface area (Å²) in [6.07, 6.45) is -0.0113. The molecule has 0 atom stereocenters. The second kappa shape index (κ2) is 8.93. The minimum Gasteiger partial charge on any atom is -0.406 e. The highest BCUT2D eigenvalue weighted by Gasteiger charge is 2.31. The van der Waals surface area contributed by atoms with Crippen LogP contribution in [-0.2, 0) is 0 Å². The monoisotopic (exact) mass is 461 g/mol. The molecule has 11 heteroatoms. The largest absolute Gasteiger partial charge is 0.573 e. The van der Waals surface area contributed by atoms with Gasteiger partial charge in [-0.3, -0.25) is 4.79 Å². The van der Waals surface area contributed by atoms with E-state index in [1.54, 1.807) is 6.07 Å². The van der Waals surface area contributed by atoms with Gasteiger partial charge in [-0.2, -0.15) is 0 Å². The van der Waals surface area contributed by atoms with E-state index >= 15 is 0 Å². The summed E-state index contributed by atoms with van der Waals surface area (Å²) < 4.78 is 54.8. The number of halogens is 4. The molecule has 3 heterocycles. The standard InChI is InChI=1S/C22H19F4N5O2/c23-18-10-13(11-28-19(18)27)17-9-14(12-29-20(17)31-7-1-2-8-31)21(32)30-15-3-5-16(6-4-15)33-22(24,25)26/h3-6,9-12H,1-2,7-8H2,(H2,27,28)(H,30,32). The SMILES string of the molecule is Nc1ncc(-c2cc(C(=O)Nc3ccc(OC(F)(F)F)cc3)cnc2N2CCCC2)cc1F. The molecule has 0 aliphatic carbocycles. The van der Waals surface area contributed by atoms with Crippen molar-refractivity contribution in [2.24, 2.45) is 0 Å². The molecule has 172 valence electrons. The van der Waals surface area contributed by atoms with Gasteiger partial charge < -0.3 is 20.7 Å². The first-order chi connectivity index (χ1) is 15.7. The molecule has 0 bridgehead atoms. The van der Waals surface area contributed by atoms with Gasteiger partial charge in [-0.1, -0.05) is 0 Å². The van der Waals surface area contributed by atoms with Crippen molar-refractivity contribution in [1.82, 2.24) is 9.97 Å². The van der Waals surface area contributed by atoms with Crippen molar-refractivity contribution in [3.63, 3.8) is 0 Å². The average Bonchev–Trinajstić information content (AvgIpc) is 3.30. The number of pyridine rings is 2. The van der Waals surface area contributed by atoms with Gasteiger partial charge in [0.25, 0.3) is 5.91 Å². The number of nitrogens with two attached hydrogens (primary N) is 1. The number of amides is 1. The normalized spacial score (nSPS) is 13.8. The lowest BCUT2D eigenvalue weighted by molar-refractivity contribution is -0.274. The van der Waals surface area contributed by atoms with E-state index in [2.05, 4.69) is 20.0 Å². The fourth-order valence-corrected chi connectivity index (χ4v) is 3.51. The maximum atomic E-state index is 14.1. The fourth-order valence-electron chi connectivity index (χ4n) is 3.51. The van der Waals surface area contributed by atoms with Gasteiger partial charge in [-0.15, -0.1) is 13.2 Å². The summed E-state index contributed by atoms with van der Waals surface area (Å²) >= 11 is 0. The van der Waals surface area contributed by atoms with Crippen molar-refractivity contribution in [2.75, 3.05) is 29.0 Å². The van der Waals surface area contributed by atoms with Gasteiger partial charge in [0.1, 0.15) is 11.6 Å². The van der Waals surface area contributed by atoms with E-state index in [9.17, 15) is 22.4 Å². The molecule has 0 unspecified atom stereocenters. The van der Waals surface area contributed by atoms with Crippen LogP contribution >= 0.6 is 0 Å². The van der Waals surface area contributed by atoms with E-state index < -0.39 is 23.8 Å². The molecule has 0 radical (unpaired) electrons. The summed E-state index contributed by atoms with van der Waals surface area (Å²) in [7, 11) is 0. The second-order valence-electron chi connectivity index (χ2n) is 7.41. The number of carbonyl (C=O) groups is 1.